The molecule has 0 radical (unpaired) electrons. The number of para-hydroxylation sites is 1. The Hall–Kier alpha value is -1.45. The molecule has 1 amide bonds. The normalized spacial score (nSPS) is 10.2. The molecule has 0 aliphatic rings. The highest BCUT2D eigenvalue weighted by molar-refractivity contribution is 7.99. The van der Waals surface area contributed by atoms with Crippen molar-refractivity contribution in [3.8, 4) is 0 Å². The second-order valence-corrected chi connectivity index (χ2v) is 5.64. The minimum absolute atomic E-state index is 0.147. The van der Waals surface area contributed by atoms with Gasteiger partial charge in [0.25, 0.3) is 5.91 Å². The zero-order valence-electron chi connectivity index (χ0n) is 10.5. The predicted molar refractivity (Wildman–Crippen MR) is 82.2 cm³/mol. The van der Waals surface area contributed by atoms with E-state index in [1.807, 2.05) is 24.3 Å². The van der Waals surface area contributed by atoms with Crippen molar-refractivity contribution in [2.45, 2.75) is 11.8 Å². The van der Waals surface area contributed by atoms with Gasteiger partial charge in [-0.25, -0.2) is 0 Å². The molecule has 2 aromatic carbocycles. The summed E-state index contributed by atoms with van der Waals surface area (Å²) >= 11 is 7.59. The van der Waals surface area contributed by atoms with Crippen molar-refractivity contribution in [2.75, 3.05) is 11.1 Å². The molecule has 1 N–H and O–H groups in total. The number of thioether (sulfide) groups is 1. The Bertz CT molecular complexity index is 586. The number of rotatable bonds is 4. The molecule has 0 bridgehead atoms. The van der Waals surface area contributed by atoms with Gasteiger partial charge in [0.2, 0.25) is 0 Å². The number of benzene rings is 2. The number of halogens is 1. The molecule has 0 spiro atoms. The number of carbonyl (C=O) groups excluding carboxylic acids is 1. The summed E-state index contributed by atoms with van der Waals surface area (Å²) in [4.78, 5) is 13.2. The van der Waals surface area contributed by atoms with Crippen molar-refractivity contribution in [3.05, 3.63) is 59.1 Å². The van der Waals surface area contributed by atoms with Crippen LogP contribution in [0.3, 0.4) is 0 Å². The molecular formula is C15H14ClNOS. The van der Waals surface area contributed by atoms with Crippen LogP contribution in [0, 0.1) is 0 Å². The molecule has 0 unspecified atom stereocenters. The lowest BCUT2D eigenvalue weighted by atomic mass is 10.2. The van der Waals surface area contributed by atoms with Crippen LogP contribution in [-0.2, 0) is 0 Å². The minimum atomic E-state index is -0.147. The highest BCUT2D eigenvalue weighted by atomic mass is 35.5. The summed E-state index contributed by atoms with van der Waals surface area (Å²) in [7, 11) is 0. The highest BCUT2D eigenvalue weighted by Crippen LogP contribution is 2.27. The van der Waals surface area contributed by atoms with Crippen molar-refractivity contribution in [3.63, 3.8) is 0 Å². The Morgan fingerprint density at radius 3 is 2.74 bits per heavy atom. The van der Waals surface area contributed by atoms with Gasteiger partial charge in [-0.1, -0.05) is 36.7 Å². The van der Waals surface area contributed by atoms with Gasteiger partial charge in [0.1, 0.15) is 0 Å². The Kier molecular flexibility index (Phi) is 4.88. The number of nitrogens with one attached hydrogen (secondary N) is 1. The summed E-state index contributed by atoms with van der Waals surface area (Å²) in [5.41, 5.74) is 1.39. The zero-order valence-corrected chi connectivity index (χ0v) is 12.1. The molecule has 0 saturated heterocycles. The van der Waals surface area contributed by atoms with E-state index in [1.54, 1.807) is 36.0 Å². The average Bonchev–Trinajstić information content (AvgIpc) is 2.41. The third-order valence-corrected chi connectivity index (χ3v) is 3.71. The SMILES string of the molecule is CCSc1ccccc1NC(=O)c1cccc(Cl)c1. The van der Waals surface area contributed by atoms with E-state index in [0.717, 1.165) is 16.3 Å². The van der Waals surface area contributed by atoms with Crippen LogP contribution in [0.25, 0.3) is 0 Å². The molecular weight excluding hydrogens is 278 g/mol. The topological polar surface area (TPSA) is 29.1 Å². The second kappa shape index (κ2) is 6.64. The Labute approximate surface area is 122 Å². The average molecular weight is 292 g/mol. The van der Waals surface area contributed by atoms with Crippen LogP contribution < -0.4 is 5.32 Å². The van der Waals surface area contributed by atoms with Crippen LogP contribution in [0.5, 0.6) is 0 Å². The lowest BCUT2D eigenvalue weighted by molar-refractivity contribution is 0.102. The molecule has 2 nitrogen and oxygen atoms in total. The smallest absolute Gasteiger partial charge is 0.255 e. The van der Waals surface area contributed by atoms with E-state index in [1.165, 1.54) is 0 Å². The van der Waals surface area contributed by atoms with Crippen molar-refractivity contribution in [1.29, 1.82) is 0 Å². The van der Waals surface area contributed by atoms with E-state index in [0.29, 0.717) is 10.6 Å². The molecule has 0 aromatic heterocycles. The molecule has 98 valence electrons. The van der Waals surface area contributed by atoms with Crippen molar-refractivity contribution in [1.82, 2.24) is 0 Å². The summed E-state index contributed by atoms with van der Waals surface area (Å²) in [5, 5.41) is 3.48. The fourth-order valence-corrected chi connectivity index (χ4v) is 2.63. The van der Waals surface area contributed by atoms with Crippen molar-refractivity contribution in [2.24, 2.45) is 0 Å². The van der Waals surface area contributed by atoms with Crippen molar-refractivity contribution < 1.29 is 4.79 Å². The van der Waals surface area contributed by atoms with Gasteiger partial charge in [0.05, 0.1) is 5.69 Å². The van der Waals surface area contributed by atoms with Gasteiger partial charge >= 0.3 is 0 Å². The molecule has 4 heteroatoms. The third kappa shape index (κ3) is 3.75. The van der Waals surface area contributed by atoms with Gasteiger partial charge in [-0.3, -0.25) is 4.79 Å². The zero-order chi connectivity index (χ0) is 13.7. The Morgan fingerprint density at radius 2 is 2.00 bits per heavy atom. The Balaban J connectivity index is 2.19. The summed E-state index contributed by atoms with van der Waals surface area (Å²) in [6, 6.07) is 14.7. The van der Waals surface area contributed by atoms with Gasteiger partial charge in [0, 0.05) is 15.5 Å². The third-order valence-electron chi connectivity index (χ3n) is 2.52. The van der Waals surface area contributed by atoms with E-state index in [9.17, 15) is 4.79 Å². The number of hydrogen-bond acceptors (Lipinski definition) is 2. The summed E-state index contributed by atoms with van der Waals surface area (Å²) in [5.74, 6) is 0.816. The number of carbonyl (C=O) groups is 1. The quantitative estimate of drug-likeness (QED) is 0.827. The number of amides is 1. The van der Waals surface area contributed by atoms with Crippen LogP contribution in [0.1, 0.15) is 17.3 Å². The molecule has 0 heterocycles. The molecule has 0 aliphatic carbocycles. The maximum Gasteiger partial charge on any atom is 0.255 e. The van der Waals surface area contributed by atoms with Gasteiger partial charge in [0.15, 0.2) is 0 Å². The summed E-state index contributed by atoms with van der Waals surface area (Å²) in [6.07, 6.45) is 0. The van der Waals surface area contributed by atoms with Crippen LogP contribution in [0.15, 0.2) is 53.4 Å². The predicted octanol–water partition coefficient (Wildman–Crippen LogP) is 4.70. The van der Waals surface area contributed by atoms with Crippen LogP contribution in [0.4, 0.5) is 5.69 Å². The van der Waals surface area contributed by atoms with Crippen LogP contribution >= 0.6 is 23.4 Å². The fourth-order valence-electron chi connectivity index (χ4n) is 1.68. The van der Waals surface area contributed by atoms with E-state index in [4.69, 9.17) is 11.6 Å². The van der Waals surface area contributed by atoms with Crippen LogP contribution in [-0.4, -0.2) is 11.7 Å². The number of hydrogen-bond donors (Lipinski definition) is 1. The molecule has 19 heavy (non-hydrogen) atoms. The second-order valence-electron chi connectivity index (χ2n) is 3.89. The molecule has 0 fully saturated rings. The van der Waals surface area contributed by atoms with Gasteiger partial charge in [-0.15, -0.1) is 11.8 Å². The lowest BCUT2D eigenvalue weighted by Gasteiger charge is -2.10. The first-order valence-corrected chi connectivity index (χ1v) is 7.36. The minimum Gasteiger partial charge on any atom is -0.321 e. The highest BCUT2D eigenvalue weighted by Gasteiger charge is 2.09. The van der Waals surface area contributed by atoms with E-state index in [-0.39, 0.29) is 5.91 Å². The molecule has 2 aromatic rings. The van der Waals surface area contributed by atoms with E-state index < -0.39 is 0 Å². The summed E-state index contributed by atoms with van der Waals surface area (Å²) < 4.78 is 0. The maximum absolute atomic E-state index is 12.1. The molecule has 0 saturated carbocycles. The fraction of sp³-hybridized carbons (Fsp3) is 0.133. The first-order chi connectivity index (χ1) is 9.20. The maximum atomic E-state index is 12.1. The van der Waals surface area contributed by atoms with Gasteiger partial charge < -0.3 is 5.32 Å². The van der Waals surface area contributed by atoms with Crippen molar-refractivity contribution >= 4 is 35.0 Å². The largest absolute Gasteiger partial charge is 0.321 e. The summed E-state index contributed by atoms with van der Waals surface area (Å²) in [6.45, 7) is 2.08. The molecule has 0 atom stereocenters. The standard InChI is InChI=1S/C15H14ClNOS/c1-2-19-14-9-4-3-8-13(14)17-15(18)11-6-5-7-12(16)10-11/h3-10H,2H2,1H3,(H,17,18). The first kappa shape index (κ1) is 14.0. The van der Waals surface area contributed by atoms with Gasteiger partial charge in [-0.2, -0.15) is 0 Å². The number of anilines is 1. The molecule has 0 aliphatic heterocycles. The lowest BCUT2D eigenvalue weighted by Crippen LogP contribution is -2.12. The first-order valence-electron chi connectivity index (χ1n) is 5.99. The van der Waals surface area contributed by atoms with Crippen LogP contribution in [0.2, 0.25) is 5.02 Å². The van der Waals surface area contributed by atoms with E-state index >= 15 is 0 Å². The van der Waals surface area contributed by atoms with Gasteiger partial charge in [-0.05, 0) is 36.1 Å². The Morgan fingerprint density at radius 1 is 1.21 bits per heavy atom. The molecule has 2 rings (SSSR count). The van der Waals surface area contributed by atoms with E-state index in [2.05, 4.69) is 12.2 Å². The monoisotopic (exact) mass is 291 g/mol.